The number of benzene rings is 1. The predicted octanol–water partition coefficient (Wildman–Crippen LogP) is 4.13. The van der Waals surface area contributed by atoms with E-state index in [1.807, 2.05) is 44.4 Å². The lowest BCUT2D eigenvalue weighted by Crippen LogP contribution is -2.24. The van der Waals surface area contributed by atoms with Crippen molar-refractivity contribution in [2.75, 3.05) is 0 Å². The second-order valence-electron chi connectivity index (χ2n) is 6.06. The molecule has 0 radical (unpaired) electrons. The van der Waals surface area contributed by atoms with E-state index in [9.17, 15) is 9.59 Å². The zero-order valence-corrected chi connectivity index (χ0v) is 13.5. The van der Waals surface area contributed by atoms with Gasteiger partial charge >= 0.3 is 5.97 Å². The van der Waals surface area contributed by atoms with Crippen LogP contribution in [0, 0.1) is 0 Å². The third-order valence-electron chi connectivity index (χ3n) is 2.98. The van der Waals surface area contributed by atoms with Gasteiger partial charge in [-0.1, -0.05) is 18.2 Å². The summed E-state index contributed by atoms with van der Waals surface area (Å²) in [5, 5.41) is 3.16. The summed E-state index contributed by atoms with van der Waals surface area (Å²) in [6, 6.07) is 8.05. The lowest BCUT2D eigenvalue weighted by molar-refractivity contribution is -0.155. The van der Waals surface area contributed by atoms with E-state index in [4.69, 9.17) is 4.74 Å². The molecular formula is C17H20O3S. The first-order valence-electron chi connectivity index (χ1n) is 7.04. The molecule has 112 valence electrons. The first-order chi connectivity index (χ1) is 9.85. The predicted molar refractivity (Wildman–Crippen MR) is 85.6 cm³/mol. The molecule has 0 atom stereocenters. The average molecular weight is 304 g/mol. The molecule has 0 aliphatic heterocycles. The number of Topliss-reactive ketones (excluding diaryl/α,β-unsaturated/α-hetero) is 1. The Hall–Kier alpha value is -1.68. The number of carbonyl (C=O) groups excluding carboxylic acids is 2. The van der Waals surface area contributed by atoms with E-state index in [1.165, 1.54) is 4.70 Å². The van der Waals surface area contributed by atoms with Gasteiger partial charge in [-0.3, -0.25) is 9.59 Å². The van der Waals surface area contributed by atoms with Crippen molar-refractivity contribution in [1.82, 2.24) is 0 Å². The molecule has 3 nitrogen and oxygen atoms in total. The van der Waals surface area contributed by atoms with Crippen LogP contribution in [0.25, 0.3) is 10.1 Å². The molecule has 21 heavy (non-hydrogen) atoms. The van der Waals surface area contributed by atoms with Gasteiger partial charge in [0.25, 0.3) is 0 Å². The van der Waals surface area contributed by atoms with Crippen molar-refractivity contribution in [3.8, 4) is 0 Å². The van der Waals surface area contributed by atoms with Crippen molar-refractivity contribution in [2.45, 2.75) is 45.6 Å². The SMILES string of the molecule is CC(C)(C)OC(=O)CCC(=O)Cc1csc2ccccc12. The summed E-state index contributed by atoms with van der Waals surface area (Å²) in [6.07, 6.45) is 0.768. The second-order valence-corrected chi connectivity index (χ2v) is 6.97. The molecule has 2 aromatic rings. The lowest BCUT2D eigenvalue weighted by Gasteiger charge is -2.19. The van der Waals surface area contributed by atoms with Gasteiger partial charge < -0.3 is 4.74 Å². The van der Waals surface area contributed by atoms with E-state index in [1.54, 1.807) is 11.3 Å². The van der Waals surface area contributed by atoms with Gasteiger partial charge in [-0.05, 0) is 43.2 Å². The van der Waals surface area contributed by atoms with Gasteiger partial charge in [0.1, 0.15) is 11.4 Å². The van der Waals surface area contributed by atoms with E-state index in [0.717, 1.165) is 10.9 Å². The van der Waals surface area contributed by atoms with Gasteiger partial charge in [-0.15, -0.1) is 11.3 Å². The summed E-state index contributed by atoms with van der Waals surface area (Å²) in [5.74, 6) is -0.240. The van der Waals surface area contributed by atoms with Crippen LogP contribution in [0.1, 0.15) is 39.2 Å². The number of hydrogen-bond donors (Lipinski definition) is 0. The molecule has 4 heteroatoms. The minimum Gasteiger partial charge on any atom is -0.460 e. The van der Waals surface area contributed by atoms with Crippen molar-refractivity contribution in [1.29, 1.82) is 0 Å². The highest BCUT2D eigenvalue weighted by Crippen LogP contribution is 2.26. The summed E-state index contributed by atoms with van der Waals surface area (Å²) in [6.45, 7) is 5.47. The zero-order valence-electron chi connectivity index (χ0n) is 12.6. The van der Waals surface area contributed by atoms with Crippen LogP contribution in [0.3, 0.4) is 0 Å². The first-order valence-corrected chi connectivity index (χ1v) is 7.92. The summed E-state index contributed by atoms with van der Waals surface area (Å²) < 4.78 is 6.39. The number of ether oxygens (including phenoxy) is 1. The Morgan fingerprint density at radius 1 is 1.14 bits per heavy atom. The maximum Gasteiger partial charge on any atom is 0.306 e. The Morgan fingerprint density at radius 2 is 1.86 bits per heavy atom. The van der Waals surface area contributed by atoms with E-state index in [2.05, 4.69) is 6.07 Å². The van der Waals surface area contributed by atoms with E-state index in [-0.39, 0.29) is 24.6 Å². The first kappa shape index (κ1) is 15.7. The number of hydrogen-bond acceptors (Lipinski definition) is 4. The van der Waals surface area contributed by atoms with Crippen LogP contribution < -0.4 is 0 Å². The highest BCUT2D eigenvalue weighted by Gasteiger charge is 2.17. The topological polar surface area (TPSA) is 43.4 Å². The molecule has 1 heterocycles. The maximum absolute atomic E-state index is 12.0. The highest BCUT2D eigenvalue weighted by molar-refractivity contribution is 7.17. The molecule has 0 spiro atoms. The number of rotatable bonds is 5. The van der Waals surface area contributed by atoms with Gasteiger partial charge in [-0.2, -0.15) is 0 Å². The van der Waals surface area contributed by atoms with Crippen molar-refractivity contribution in [3.63, 3.8) is 0 Å². The quantitative estimate of drug-likeness (QED) is 0.780. The molecule has 1 aromatic carbocycles. The summed E-state index contributed by atoms with van der Waals surface area (Å²) in [5.41, 5.74) is 0.550. The number of carbonyl (C=O) groups is 2. The Bertz CT molecular complexity index is 649. The molecule has 2 rings (SSSR count). The van der Waals surface area contributed by atoms with E-state index >= 15 is 0 Å². The van der Waals surface area contributed by atoms with Crippen molar-refractivity contribution >= 4 is 33.2 Å². The Kier molecular flexibility index (Phi) is 4.78. The van der Waals surface area contributed by atoms with Crippen LogP contribution in [-0.4, -0.2) is 17.4 Å². The molecule has 0 unspecified atom stereocenters. The van der Waals surface area contributed by atoms with Gasteiger partial charge in [0.05, 0.1) is 6.42 Å². The number of fused-ring (bicyclic) bond motifs is 1. The molecule has 0 saturated heterocycles. The smallest absolute Gasteiger partial charge is 0.306 e. The number of thiophene rings is 1. The Morgan fingerprint density at radius 3 is 2.57 bits per heavy atom. The van der Waals surface area contributed by atoms with Crippen molar-refractivity contribution in [2.24, 2.45) is 0 Å². The Labute approximate surface area is 128 Å². The third kappa shape index (κ3) is 4.67. The molecule has 0 bridgehead atoms. The standard InChI is InChI=1S/C17H20O3S/c1-17(2,3)20-16(19)9-8-13(18)10-12-11-21-15-7-5-4-6-14(12)15/h4-7,11H,8-10H2,1-3H3. The minimum absolute atomic E-state index is 0.0735. The molecule has 0 aliphatic rings. The van der Waals surface area contributed by atoms with Crippen LogP contribution >= 0.6 is 11.3 Å². The normalized spacial score (nSPS) is 11.6. The summed E-state index contributed by atoms with van der Waals surface area (Å²) >= 11 is 1.64. The molecule has 0 saturated carbocycles. The van der Waals surface area contributed by atoms with Gasteiger partial charge in [0.15, 0.2) is 0 Å². The van der Waals surface area contributed by atoms with Gasteiger partial charge in [0, 0.05) is 17.5 Å². The molecule has 0 N–H and O–H groups in total. The third-order valence-corrected chi connectivity index (χ3v) is 3.99. The second kappa shape index (κ2) is 6.39. The van der Waals surface area contributed by atoms with Crippen LogP contribution in [0.15, 0.2) is 29.6 Å². The van der Waals surface area contributed by atoms with Crippen LogP contribution in [0.4, 0.5) is 0 Å². The van der Waals surface area contributed by atoms with Crippen LogP contribution in [-0.2, 0) is 20.7 Å². The minimum atomic E-state index is -0.496. The number of ketones is 1. The lowest BCUT2D eigenvalue weighted by atomic mass is 10.0. The zero-order chi connectivity index (χ0) is 15.5. The van der Waals surface area contributed by atoms with E-state index in [0.29, 0.717) is 6.42 Å². The molecule has 0 amide bonds. The largest absolute Gasteiger partial charge is 0.460 e. The van der Waals surface area contributed by atoms with Gasteiger partial charge in [-0.25, -0.2) is 0 Å². The van der Waals surface area contributed by atoms with Crippen molar-refractivity contribution in [3.05, 3.63) is 35.2 Å². The van der Waals surface area contributed by atoms with Crippen LogP contribution in [0.5, 0.6) is 0 Å². The molecule has 0 aliphatic carbocycles. The fourth-order valence-electron chi connectivity index (χ4n) is 2.10. The average Bonchev–Trinajstić information content (AvgIpc) is 2.78. The fraction of sp³-hybridized carbons (Fsp3) is 0.412. The van der Waals surface area contributed by atoms with Crippen LogP contribution in [0.2, 0.25) is 0 Å². The fourth-order valence-corrected chi connectivity index (χ4v) is 3.07. The molecule has 1 aromatic heterocycles. The van der Waals surface area contributed by atoms with Gasteiger partial charge in [0.2, 0.25) is 0 Å². The molecule has 0 fully saturated rings. The Balaban J connectivity index is 1.89. The van der Waals surface area contributed by atoms with E-state index < -0.39 is 5.60 Å². The summed E-state index contributed by atoms with van der Waals surface area (Å²) in [7, 11) is 0. The molecular weight excluding hydrogens is 284 g/mol. The maximum atomic E-state index is 12.0. The number of esters is 1. The monoisotopic (exact) mass is 304 g/mol. The van der Waals surface area contributed by atoms with Crippen molar-refractivity contribution < 1.29 is 14.3 Å². The summed E-state index contributed by atoms with van der Waals surface area (Å²) in [4.78, 5) is 23.6. The highest BCUT2D eigenvalue weighted by atomic mass is 32.1.